The van der Waals surface area contributed by atoms with Crippen LogP contribution in [-0.4, -0.2) is 35.3 Å². The van der Waals surface area contributed by atoms with Gasteiger partial charge in [0.05, 0.1) is 23.8 Å². The molecule has 154 valence electrons. The summed E-state index contributed by atoms with van der Waals surface area (Å²) in [4.78, 5) is 40.2. The van der Waals surface area contributed by atoms with E-state index in [0.29, 0.717) is 29.7 Å². The van der Waals surface area contributed by atoms with Crippen molar-refractivity contribution in [2.24, 2.45) is 0 Å². The first-order chi connectivity index (χ1) is 14.6. The molecule has 1 N–H and O–H groups in total. The monoisotopic (exact) mass is 404 g/mol. The highest BCUT2D eigenvalue weighted by Gasteiger charge is 2.40. The molecule has 2 aliphatic heterocycles. The smallest absolute Gasteiger partial charge is 0.261 e. The number of ether oxygens (including phenoxy) is 1. The number of hydrogen-bond acceptors (Lipinski definition) is 4. The standard InChI is InChI=1S/C24H24N2O4/c27-22(25-20-12-13-30-21-9-5-4-8-18(20)21)15-10-11-17-19(14-15)24(29)26(23(17)28)16-6-2-1-3-7-16/h4-5,8-11,14,16,20H,1-3,6-7,12-13H2,(H,25,27)/t20-/m0/s1. The number of carbonyl (C=O) groups is 3. The zero-order valence-electron chi connectivity index (χ0n) is 16.7. The number of benzene rings is 2. The SMILES string of the molecule is O=C(N[C@H]1CCOc2ccccc21)c1ccc2c(c1)C(=O)N(C1CCCCC1)C2=O. The van der Waals surface area contributed by atoms with E-state index in [-0.39, 0.29) is 29.8 Å². The maximum atomic E-state index is 13.0. The van der Waals surface area contributed by atoms with E-state index in [2.05, 4.69) is 5.32 Å². The number of para-hydroxylation sites is 1. The molecule has 6 heteroatoms. The Balaban J connectivity index is 1.37. The largest absolute Gasteiger partial charge is 0.493 e. The van der Waals surface area contributed by atoms with E-state index in [1.165, 1.54) is 4.90 Å². The fourth-order valence-corrected chi connectivity index (χ4v) is 4.81. The number of fused-ring (bicyclic) bond motifs is 2. The maximum Gasteiger partial charge on any atom is 0.261 e. The van der Waals surface area contributed by atoms with Gasteiger partial charge in [0.2, 0.25) is 0 Å². The van der Waals surface area contributed by atoms with Crippen LogP contribution < -0.4 is 10.1 Å². The third-order valence-electron chi connectivity index (χ3n) is 6.38. The first-order valence-electron chi connectivity index (χ1n) is 10.7. The van der Waals surface area contributed by atoms with Gasteiger partial charge in [-0.1, -0.05) is 37.5 Å². The number of carbonyl (C=O) groups excluding carboxylic acids is 3. The molecule has 2 aromatic carbocycles. The summed E-state index contributed by atoms with van der Waals surface area (Å²) in [6.07, 6.45) is 5.64. The van der Waals surface area contributed by atoms with Crippen LogP contribution in [0.5, 0.6) is 5.75 Å². The van der Waals surface area contributed by atoms with Gasteiger partial charge in [-0.15, -0.1) is 0 Å². The van der Waals surface area contributed by atoms with Gasteiger partial charge in [-0.3, -0.25) is 19.3 Å². The molecule has 2 aromatic rings. The van der Waals surface area contributed by atoms with Crippen LogP contribution in [-0.2, 0) is 0 Å². The van der Waals surface area contributed by atoms with Crippen molar-refractivity contribution in [1.29, 1.82) is 0 Å². The molecule has 0 spiro atoms. The van der Waals surface area contributed by atoms with Crippen LogP contribution in [0.2, 0.25) is 0 Å². The van der Waals surface area contributed by atoms with Crippen LogP contribution in [0.3, 0.4) is 0 Å². The molecule has 6 nitrogen and oxygen atoms in total. The molecule has 1 aliphatic carbocycles. The lowest BCUT2D eigenvalue weighted by molar-refractivity contribution is 0.0548. The minimum Gasteiger partial charge on any atom is -0.493 e. The van der Waals surface area contributed by atoms with Crippen molar-refractivity contribution in [2.45, 2.75) is 50.6 Å². The fraction of sp³-hybridized carbons (Fsp3) is 0.375. The third kappa shape index (κ3) is 3.16. The summed E-state index contributed by atoms with van der Waals surface area (Å²) in [5.74, 6) is 0.0305. The molecular weight excluding hydrogens is 380 g/mol. The summed E-state index contributed by atoms with van der Waals surface area (Å²) < 4.78 is 5.66. The quantitative estimate of drug-likeness (QED) is 0.788. The predicted octanol–water partition coefficient (Wildman–Crippen LogP) is 3.87. The highest BCUT2D eigenvalue weighted by molar-refractivity contribution is 6.22. The molecule has 1 fully saturated rings. The van der Waals surface area contributed by atoms with E-state index in [1.807, 2.05) is 24.3 Å². The molecule has 3 amide bonds. The number of imide groups is 1. The van der Waals surface area contributed by atoms with E-state index in [9.17, 15) is 14.4 Å². The summed E-state index contributed by atoms with van der Waals surface area (Å²) >= 11 is 0. The van der Waals surface area contributed by atoms with Crippen molar-refractivity contribution >= 4 is 17.7 Å². The second-order valence-corrected chi connectivity index (χ2v) is 8.23. The summed E-state index contributed by atoms with van der Waals surface area (Å²) in [5.41, 5.74) is 2.08. The van der Waals surface area contributed by atoms with E-state index in [0.717, 1.165) is 43.4 Å². The summed E-state index contributed by atoms with van der Waals surface area (Å²) in [5, 5.41) is 3.05. The minimum atomic E-state index is -0.270. The lowest BCUT2D eigenvalue weighted by Crippen LogP contribution is -2.40. The average Bonchev–Trinajstić information content (AvgIpc) is 3.04. The van der Waals surface area contributed by atoms with E-state index >= 15 is 0 Å². The Labute approximate surface area is 175 Å². The van der Waals surface area contributed by atoms with E-state index in [1.54, 1.807) is 18.2 Å². The molecule has 3 aliphatic rings. The van der Waals surface area contributed by atoms with Crippen molar-refractivity contribution in [3.05, 3.63) is 64.7 Å². The topological polar surface area (TPSA) is 75.7 Å². The molecule has 0 saturated heterocycles. The van der Waals surface area contributed by atoms with Gasteiger partial charge in [0, 0.05) is 23.6 Å². The van der Waals surface area contributed by atoms with Crippen LogP contribution in [0.1, 0.15) is 81.2 Å². The molecule has 0 radical (unpaired) electrons. The lowest BCUT2D eigenvalue weighted by Gasteiger charge is -2.29. The van der Waals surface area contributed by atoms with Gasteiger partial charge in [-0.2, -0.15) is 0 Å². The molecule has 1 atom stereocenters. The van der Waals surface area contributed by atoms with Crippen molar-refractivity contribution in [1.82, 2.24) is 10.2 Å². The Morgan fingerprint density at radius 2 is 1.70 bits per heavy atom. The number of rotatable bonds is 3. The number of hydrogen-bond donors (Lipinski definition) is 1. The summed E-state index contributed by atoms with van der Waals surface area (Å²) in [7, 11) is 0. The summed E-state index contributed by atoms with van der Waals surface area (Å²) in [6, 6.07) is 12.3. The Bertz CT molecular complexity index is 1030. The van der Waals surface area contributed by atoms with Crippen LogP contribution in [0.15, 0.2) is 42.5 Å². The maximum absolute atomic E-state index is 13.0. The van der Waals surface area contributed by atoms with E-state index in [4.69, 9.17) is 4.74 Å². The van der Waals surface area contributed by atoms with Gasteiger partial charge in [0.1, 0.15) is 5.75 Å². The Morgan fingerprint density at radius 1 is 0.933 bits per heavy atom. The van der Waals surface area contributed by atoms with Crippen molar-refractivity contribution in [2.75, 3.05) is 6.61 Å². The van der Waals surface area contributed by atoms with E-state index < -0.39 is 0 Å². The Kier molecular flexibility index (Phi) is 4.77. The van der Waals surface area contributed by atoms with Crippen LogP contribution in [0.25, 0.3) is 0 Å². The fourth-order valence-electron chi connectivity index (χ4n) is 4.81. The Hall–Kier alpha value is -3.15. The molecule has 0 unspecified atom stereocenters. The molecule has 1 saturated carbocycles. The van der Waals surface area contributed by atoms with Gasteiger partial charge in [-0.25, -0.2) is 0 Å². The molecule has 30 heavy (non-hydrogen) atoms. The number of nitrogens with one attached hydrogen (secondary N) is 1. The normalized spacial score (nSPS) is 21.1. The average molecular weight is 404 g/mol. The van der Waals surface area contributed by atoms with Crippen LogP contribution in [0.4, 0.5) is 0 Å². The summed E-state index contributed by atoms with van der Waals surface area (Å²) in [6.45, 7) is 0.537. The zero-order chi connectivity index (χ0) is 20.7. The second-order valence-electron chi connectivity index (χ2n) is 8.23. The highest BCUT2D eigenvalue weighted by atomic mass is 16.5. The number of amides is 3. The predicted molar refractivity (Wildman–Crippen MR) is 111 cm³/mol. The molecule has 2 heterocycles. The zero-order valence-corrected chi connectivity index (χ0v) is 16.7. The van der Waals surface area contributed by atoms with Crippen molar-refractivity contribution in [3.8, 4) is 5.75 Å². The molecule has 0 bridgehead atoms. The molecule has 0 aromatic heterocycles. The molecular formula is C24H24N2O4. The third-order valence-corrected chi connectivity index (χ3v) is 6.38. The minimum absolute atomic E-state index is 0.0258. The van der Waals surface area contributed by atoms with Gasteiger partial charge in [0.25, 0.3) is 17.7 Å². The van der Waals surface area contributed by atoms with Gasteiger partial charge in [-0.05, 0) is 37.1 Å². The molecule has 5 rings (SSSR count). The van der Waals surface area contributed by atoms with Crippen molar-refractivity contribution in [3.63, 3.8) is 0 Å². The Morgan fingerprint density at radius 3 is 2.53 bits per heavy atom. The first-order valence-corrected chi connectivity index (χ1v) is 10.7. The van der Waals surface area contributed by atoms with Crippen LogP contribution >= 0.6 is 0 Å². The first kappa shape index (κ1) is 18.9. The lowest BCUT2D eigenvalue weighted by atomic mass is 9.94. The van der Waals surface area contributed by atoms with Gasteiger partial charge >= 0.3 is 0 Å². The van der Waals surface area contributed by atoms with Crippen LogP contribution in [0, 0.1) is 0 Å². The van der Waals surface area contributed by atoms with Gasteiger partial charge < -0.3 is 10.1 Å². The second kappa shape index (κ2) is 7.59. The van der Waals surface area contributed by atoms with Gasteiger partial charge in [0.15, 0.2) is 0 Å². The van der Waals surface area contributed by atoms with Crippen molar-refractivity contribution < 1.29 is 19.1 Å². The number of nitrogens with zero attached hydrogens (tertiary/aromatic N) is 1. The highest BCUT2D eigenvalue weighted by Crippen LogP contribution is 2.33.